The predicted octanol–water partition coefficient (Wildman–Crippen LogP) is 2.43. The number of ether oxygens (including phenoxy) is 1. The van der Waals surface area contributed by atoms with E-state index in [1.54, 1.807) is 21.2 Å². The van der Waals surface area contributed by atoms with Crippen LogP contribution in [0.5, 0.6) is 5.75 Å². The molecule has 166 valence electrons. The summed E-state index contributed by atoms with van der Waals surface area (Å²) in [5.74, 6) is 1.62. The monoisotopic (exact) mass is 423 g/mol. The number of nitrogens with one attached hydrogen (secondary N) is 3. The van der Waals surface area contributed by atoms with Gasteiger partial charge in [0.05, 0.1) is 7.11 Å². The highest BCUT2D eigenvalue weighted by Crippen LogP contribution is 2.24. The molecule has 2 aromatic carbocycles. The van der Waals surface area contributed by atoms with Crippen molar-refractivity contribution in [2.75, 3.05) is 45.7 Å². The maximum absolute atomic E-state index is 11.8. The van der Waals surface area contributed by atoms with Gasteiger partial charge in [0.25, 0.3) is 5.91 Å². The number of nitrogens with zero attached hydrogens (tertiary/aromatic N) is 2. The molecule has 1 atom stereocenters. The van der Waals surface area contributed by atoms with Crippen LogP contribution in [-0.2, 0) is 6.42 Å². The van der Waals surface area contributed by atoms with Gasteiger partial charge in [0, 0.05) is 57.1 Å². The molecule has 7 nitrogen and oxygen atoms in total. The summed E-state index contributed by atoms with van der Waals surface area (Å²) in [6.07, 6.45) is 3.04. The second-order valence-corrected chi connectivity index (χ2v) is 7.66. The minimum absolute atomic E-state index is 0.0647. The third kappa shape index (κ3) is 6.38. The molecular weight excluding hydrogens is 390 g/mol. The molecule has 0 aliphatic carbocycles. The van der Waals surface area contributed by atoms with Crippen molar-refractivity contribution in [3.05, 3.63) is 59.7 Å². The van der Waals surface area contributed by atoms with E-state index >= 15 is 0 Å². The van der Waals surface area contributed by atoms with Crippen molar-refractivity contribution in [3.8, 4) is 5.75 Å². The fourth-order valence-electron chi connectivity index (χ4n) is 3.86. The fraction of sp³-hybridized carbons (Fsp3) is 0.417. The lowest BCUT2D eigenvalue weighted by Crippen LogP contribution is -2.51. The minimum atomic E-state index is -0.0647. The van der Waals surface area contributed by atoms with Crippen molar-refractivity contribution in [1.29, 1.82) is 0 Å². The van der Waals surface area contributed by atoms with Crippen molar-refractivity contribution in [2.24, 2.45) is 4.99 Å². The van der Waals surface area contributed by atoms with Crippen molar-refractivity contribution in [1.82, 2.24) is 16.0 Å². The van der Waals surface area contributed by atoms with Gasteiger partial charge in [-0.1, -0.05) is 18.2 Å². The molecule has 2 aromatic rings. The SMILES string of the molecule is CN=C(NCCc1cccc(C(=O)NC)c1)NC1CCCN(c2cccc(OC)c2)C1. The maximum atomic E-state index is 11.8. The van der Waals surface area contributed by atoms with E-state index in [1.165, 1.54) is 5.69 Å². The summed E-state index contributed by atoms with van der Waals surface area (Å²) in [6, 6.07) is 16.3. The predicted molar refractivity (Wildman–Crippen MR) is 126 cm³/mol. The standard InChI is InChI=1S/C24H33N5O2/c1-25-23(30)19-8-4-7-18(15-19)12-13-27-24(26-2)28-20-9-6-14-29(17-20)21-10-5-11-22(16-21)31-3/h4-5,7-8,10-11,15-16,20H,6,9,12-14,17H2,1-3H3,(H,25,30)(H2,26,27,28). The van der Waals surface area contributed by atoms with E-state index in [-0.39, 0.29) is 5.91 Å². The normalized spacial score (nSPS) is 16.5. The summed E-state index contributed by atoms with van der Waals surface area (Å²) in [5, 5.41) is 9.63. The van der Waals surface area contributed by atoms with E-state index in [4.69, 9.17) is 4.74 Å². The summed E-state index contributed by atoms with van der Waals surface area (Å²) in [6.45, 7) is 2.70. The number of amides is 1. The Morgan fingerprint density at radius 3 is 2.84 bits per heavy atom. The Morgan fingerprint density at radius 1 is 1.23 bits per heavy atom. The molecule has 3 N–H and O–H groups in total. The molecule has 1 aliphatic rings. The van der Waals surface area contributed by atoms with E-state index in [0.29, 0.717) is 11.6 Å². The highest BCUT2D eigenvalue weighted by atomic mass is 16.5. The van der Waals surface area contributed by atoms with Gasteiger partial charge in [0.2, 0.25) is 0 Å². The Kier molecular flexibility index (Phi) is 8.15. The molecule has 3 rings (SSSR count). The van der Waals surface area contributed by atoms with Gasteiger partial charge >= 0.3 is 0 Å². The van der Waals surface area contributed by atoms with E-state index in [2.05, 4.69) is 38.0 Å². The van der Waals surface area contributed by atoms with Gasteiger partial charge in [-0.2, -0.15) is 0 Å². The molecule has 0 aromatic heterocycles. The summed E-state index contributed by atoms with van der Waals surface area (Å²) >= 11 is 0. The molecular formula is C24H33N5O2. The van der Waals surface area contributed by atoms with Crippen LogP contribution in [0.2, 0.25) is 0 Å². The Labute approximate surface area is 184 Å². The second kappa shape index (κ2) is 11.2. The number of anilines is 1. The maximum Gasteiger partial charge on any atom is 0.251 e. The molecule has 0 spiro atoms. The highest BCUT2D eigenvalue weighted by Gasteiger charge is 2.21. The van der Waals surface area contributed by atoms with Crippen LogP contribution in [0.4, 0.5) is 5.69 Å². The van der Waals surface area contributed by atoms with Gasteiger partial charge in [-0.3, -0.25) is 9.79 Å². The molecule has 1 fully saturated rings. The topological polar surface area (TPSA) is 78.0 Å². The molecule has 7 heteroatoms. The van der Waals surface area contributed by atoms with Crippen LogP contribution in [0.25, 0.3) is 0 Å². The van der Waals surface area contributed by atoms with E-state index in [9.17, 15) is 4.79 Å². The molecule has 31 heavy (non-hydrogen) atoms. The second-order valence-electron chi connectivity index (χ2n) is 7.66. The lowest BCUT2D eigenvalue weighted by Gasteiger charge is -2.35. The molecule has 1 unspecified atom stereocenters. The average Bonchev–Trinajstić information content (AvgIpc) is 2.83. The van der Waals surface area contributed by atoms with Gasteiger partial charge in [-0.05, 0) is 49.1 Å². The van der Waals surface area contributed by atoms with Gasteiger partial charge in [0.15, 0.2) is 5.96 Å². The molecule has 1 amide bonds. The number of aliphatic imine (C=N–C) groups is 1. The average molecular weight is 424 g/mol. The quantitative estimate of drug-likeness (QED) is 0.471. The Hall–Kier alpha value is -3.22. The van der Waals surface area contributed by atoms with Gasteiger partial charge < -0.3 is 25.6 Å². The van der Waals surface area contributed by atoms with Crippen LogP contribution >= 0.6 is 0 Å². The third-order valence-electron chi connectivity index (χ3n) is 5.53. The number of hydrogen-bond donors (Lipinski definition) is 3. The first kappa shape index (κ1) is 22.5. The van der Waals surface area contributed by atoms with Crippen LogP contribution in [0.15, 0.2) is 53.5 Å². The Bertz CT molecular complexity index is 899. The number of benzene rings is 2. The first-order valence-electron chi connectivity index (χ1n) is 10.8. The Balaban J connectivity index is 1.51. The number of hydrogen-bond acceptors (Lipinski definition) is 4. The highest BCUT2D eigenvalue weighted by molar-refractivity contribution is 5.94. The van der Waals surface area contributed by atoms with Crippen LogP contribution in [0, 0.1) is 0 Å². The molecule has 1 aliphatic heterocycles. The summed E-state index contributed by atoms with van der Waals surface area (Å²) in [4.78, 5) is 18.6. The fourth-order valence-corrected chi connectivity index (χ4v) is 3.86. The molecule has 0 radical (unpaired) electrons. The van der Waals surface area contributed by atoms with Gasteiger partial charge in [0.1, 0.15) is 5.75 Å². The molecule has 1 heterocycles. The lowest BCUT2D eigenvalue weighted by molar-refractivity contribution is 0.0963. The third-order valence-corrected chi connectivity index (χ3v) is 5.53. The van der Waals surface area contributed by atoms with Crippen LogP contribution in [-0.4, -0.2) is 58.7 Å². The molecule has 1 saturated heterocycles. The summed E-state index contributed by atoms with van der Waals surface area (Å²) in [5.41, 5.74) is 2.98. The minimum Gasteiger partial charge on any atom is -0.497 e. The van der Waals surface area contributed by atoms with Crippen molar-refractivity contribution < 1.29 is 9.53 Å². The molecule has 0 saturated carbocycles. The number of carbonyl (C=O) groups excluding carboxylic acids is 1. The van der Waals surface area contributed by atoms with E-state index in [0.717, 1.165) is 56.2 Å². The van der Waals surface area contributed by atoms with Crippen LogP contribution in [0.3, 0.4) is 0 Å². The largest absolute Gasteiger partial charge is 0.497 e. The smallest absolute Gasteiger partial charge is 0.251 e. The van der Waals surface area contributed by atoms with Gasteiger partial charge in [-0.25, -0.2) is 0 Å². The van der Waals surface area contributed by atoms with Crippen molar-refractivity contribution in [2.45, 2.75) is 25.3 Å². The number of carbonyl (C=O) groups is 1. The number of piperidine rings is 1. The zero-order chi connectivity index (χ0) is 22.1. The van der Waals surface area contributed by atoms with E-state index < -0.39 is 0 Å². The van der Waals surface area contributed by atoms with Crippen molar-refractivity contribution in [3.63, 3.8) is 0 Å². The zero-order valence-corrected chi connectivity index (χ0v) is 18.6. The van der Waals surface area contributed by atoms with E-state index in [1.807, 2.05) is 36.4 Å². The summed E-state index contributed by atoms with van der Waals surface area (Å²) < 4.78 is 5.37. The first-order chi connectivity index (χ1) is 15.1. The lowest BCUT2D eigenvalue weighted by atomic mass is 10.0. The van der Waals surface area contributed by atoms with Crippen LogP contribution in [0.1, 0.15) is 28.8 Å². The summed E-state index contributed by atoms with van der Waals surface area (Å²) in [7, 11) is 5.14. The number of methoxy groups -OCH3 is 1. The number of rotatable bonds is 7. The van der Waals surface area contributed by atoms with Crippen molar-refractivity contribution >= 4 is 17.6 Å². The van der Waals surface area contributed by atoms with Gasteiger partial charge in [-0.15, -0.1) is 0 Å². The zero-order valence-electron chi connectivity index (χ0n) is 18.6. The number of guanidine groups is 1. The first-order valence-corrected chi connectivity index (χ1v) is 10.8. The van der Waals surface area contributed by atoms with Crippen LogP contribution < -0.4 is 25.6 Å². The molecule has 0 bridgehead atoms. The Morgan fingerprint density at radius 2 is 2.06 bits per heavy atom.